The number of aryl methyl sites for hydroxylation is 1. The first-order valence-electron chi connectivity index (χ1n) is 8.80. The number of amides is 1. The molecule has 0 bridgehead atoms. The van der Waals surface area contributed by atoms with Crippen LogP contribution in [0, 0.1) is 6.92 Å². The number of pyridine rings is 1. The standard InChI is InChI=1S/C19H17ClN4O3S3/c1-12-7-8-24-15(10-12)21-18(13-4-3-9-28-13)19(24)22-16(25)11-23(2)30(26,27)17-6-5-14(20)29-17/h3-10H,11H2,1-2H3,(H,22,25). The molecule has 4 aromatic heterocycles. The largest absolute Gasteiger partial charge is 0.309 e. The van der Waals surface area contributed by atoms with Crippen LogP contribution in [-0.2, 0) is 14.8 Å². The van der Waals surface area contributed by atoms with Crippen molar-refractivity contribution in [2.24, 2.45) is 0 Å². The summed E-state index contributed by atoms with van der Waals surface area (Å²) >= 11 is 8.31. The number of imidazole rings is 1. The summed E-state index contributed by atoms with van der Waals surface area (Å²) in [7, 11) is -2.45. The zero-order valence-corrected chi connectivity index (χ0v) is 19.2. The lowest BCUT2D eigenvalue weighted by Crippen LogP contribution is -2.34. The lowest BCUT2D eigenvalue weighted by molar-refractivity contribution is -0.116. The summed E-state index contributed by atoms with van der Waals surface area (Å²) in [4.78, 5) is 18.3. The highest BCUT2D eigenvalue weighted by Gasteiger charge is 2.26. The molecule has 0 fully saturated rings. The zero-order valence-electron chi connectivity index (χ0n) is 16.0. The molecule has 0 aliphatic carbocycles. The second-order valence-electron chi connectivity index (χ2n) is 6.59. The average Bonchev–Trinajstić information content (AvgIpc) is 3.42. The SMILES string of the molecule is Cc1ccn2c(NC(=O)CN(C)S(=O)(=O)c3ccc(Cl)s3)c(-c3cccs3)nc2c1. The van der Waals surface area contributed by atoms with Gasteiger partial charge >= 0.3 is 0 Å². The molecule has 30 heavy (non-hydrogen) atoms. The van der Waals surface area contributed by atoms with Crippen LogP contribution in [0.4, 0.5) is 5.82 Å². The Kier molecular flexibility index (Phi) is 5.69. The van der Waals surface area contributed by atoms with Crippen LogP contribution in [0.1, 0.15) is 5.56 Å². The number of sulfonamides is 1. The number of aromatic nitrogens is 2. The van der Waals surface area contributed by atoms with E-state index in [4.69, 9.17) is 11.6 Å². The molecule has 0 aliphatic rings. The number of carbonyl (C=O) groups is 1. The molecule has 0 unspecified atom stereocenters. The number of nitrogens with zero attached hydrogens (tertiary/aromatic N) is 3. The summed E-state index contributed by atoms with van der Waals surface area (Å²) < 4.78 is 28.6. The smallest absolute Gasteiger partial charge is 0.252 e. The van der Waals surface area contributed by atoms with Crippen molar-refractivity contribution in [1.29, 1.82) is 0 Å². The Morgan fingerprint density at radius 1 is 1.30 bits per heavy atom. The molecule has 0 saturated heterocycles. The second kappa shape index (κ2) is 8.12. The minimum atomic E-state index is -3.81. The third kappa shape index (κ3) is 4.01. The summed E-state index contributed by atoms with van der Waals surface area (Å²) in [6.45, 7) is 1.62. The van der Waals surface area contributed by atoms with Gasteiger partial charge in [0.1, 0.15) is 21.4 Å². The first-order valence-corrected chi connectivity index (χ1v) is 12.3. The molecule has 11 heteroatoms. The van der Waals surface area contributed by atoms with Crippen molar-refractivity contribution < 1.29 is 13.2 Å². The minimum Gasteiger partial charge on any atom is -0.309 e. The summed E-state index contributed by atoms with van der Waals surface area (Å²) in [5, 5.41) is 4.77. The van der Waals surface area contributed by atoms with Crippen LogP contribution in [0.2, 0.25) is 4.34 Å². The Morgan fingerprint density at radius 3 is 2.77 bits per heavy atom. The number of nitrogens with one attached hydrogen (secondary N) is 1. The van der Waals surface area contributed by atoms with Gasteiger partial charge in [0.2, 0.25) is 5.91 Å². The van der Waals surface area contributed by atoms with Gasteiger partial charge in [0, 0.05) is 13.2 Å². The van der Waals surface area contributed by atoms with Crippen LogP contribution in [0.15, 0.2) is 52.2 Å². The van der Waals surface area contributed by atoms with Gasteiger partial charge in [0.15, 0.2) is 0 Å². The van der Waals surface area contributed by atoms with E-state index in [0.717, 1.165) is 26.1 Å². The van der Waals surface area contributed by atoms with Crippen LogP contribution < -0.4 is 5.32 Å². The Balaban J connectivity index is 1.62. The van der Waals surface area contributed by atoms with Gasteiger partial charge in [-0.2, -0.15) is 4.31 Å². The number of halogens is 1. The van der Waals surface area contributed by atoms with Crippen molar-refractivity contribution in [2.45, 2.75) is 11.1 Å². The highest BCUT2D eigenvalue weighted by atomic mass is 35.5. The van der Waals surface area contributed by atoms with Gasteiger partial charge in [-0.25, -0.2) is 13.4 Å². The van der Waals surface area contributed by atoms with Crippen molar-refractivity contribution in [3.63, 3.8) is 0 Å². The van der Waals surface area contributed by atoms with Gasteiger partial charge in [-0.05, 0) is 48.2 Å². The third-order valence-corrected chi connectivity index (χ3v) is 8.75. The molecule has 4 heterocycles. The summed E-state index contributed by atoms with van der Waals surface area (Å²) in [5.41, 5.74) is 2.38. The summed E-state index contributed by atoms with van der Waals surface area (Å²) in [5.74, 6) is 0.0336. The molecule has 4 aromatic rings. The molecule has 1 amide bonds. The molecular weight excluding hydrogens is 464 g/mol. The first kappa shape index (κ1) is 21.0. The molecule has 0 radical (unpaired) electrons. The second-order valence-corrected chi connectivity index (χ2v) is 11.5. The first-order chi connectivity index (χ1) is 14.3. The Labute approximate surface area is 186 Å². The minimum absolute atomic E-state index is 0.0901. The van der Waals surface area contributed by atoms with Crippen molar-refractivity contribution in [3.8, 4) is 10.6 Å². The molecular formula is C19H17ClN4O3S3. The predicted molar refractivity (Wildman–Crippen MR) is 121 cm³/mol. The highest BCUT2D eigenvalue weighted by Crippen LogP contribution is 2.32. The zero-order chi connectivity index (χ0) is 21.5. The molecule has 0 spiro atoms. The lowest BCUT2D eigenvalue weighted by atomic mass is 10.3. The predicted octanol–water partition coefficient (Wildman–Crippen LogP) is 4.35. The third-order valence-electron chi connectivity index (χ3n) is 4.37. The van der Waals surface area contributed by atoms with Crippen molar-refractivity contribution in [1.82, 2.24) is 13.7 Å². The summed E-state index contributed by atoms with van der Waals surface area (Å²) in [6.07, 6.45) is 1.83. The van der Waals surface area contributed by atoms with Crippen LogP contribution in [-0.4, -0.2) is 41.6 Å². The van der Waals surface area contributed by atoms with Crippen LogP contribution in [0.3, 0.4) is 0 Å². The lowest BCUT2D eigenvalue weighted by Gasteiger charge is -2.16. The van der Waals surface area contributed by atoms with Gasteiger partial charge < -0.3 is 5.32 Å². The normalized spacial score (nSPS) is 12.0. The maximum atomic E-state index is 12.8. The quantitative estimate of drug-likeness (QED) is 0.444. The number of carbonyl (C=O) groups excluding carboxylic acids is 1. The molecule has 0 saturated carbocycles. The average molecular weight is 481 g/mol. The van der Waals surface area contributed by atoms with Gasteiger partial charge in [0.05, 0.1) is 15.8 Å². The van der Waals surface area contributed by atoms with Crippen molar-refractivity contribution in [2.75, 3.05) is 18.9 Å². The molecule has 4 rings (SSSR count). The van der Waals surface area contributed by atoms with Crippen LogP contribution in [0.5, 0.6) is 0 Å². The van der Waals surface area contributed by atoms with E-state index < -0.39 is 15.9 Å². The van der Waals surface area contributed by atoms with E-state index in [-0.39, 0.29) is 10.8 Å². The molecule has 0 atom stereocenters. The Hall–Kier alpha value is -2.24. The fourth-order valence-electron chi connectivity index (χ4n) is 2.90. The fraction of sp³-hybridized carbons (Fsp3) is 0.158. The van der Waals surface area contributed by atoms with E-state index in [9.17, 15) is 13.2 Å². The topological polar surface area (TPSA) is 83.8 Å². The van der Waals surface area contributed by atoms with Gasteiger partial charge in [0.25, 0.3) is 10.0 Å². The number of fused-ring (bicyclic) bond motifs is 1. The molecule has 1 N–H and O–H groups in total. The van der Waals surface area contributed by atoms with Crippen LogP contribution >= 0.6 is 34.3 Å². The molecule has 156 valence electrons. The number of hydrogen-bond acceptors (Lipinski definition) is 6. The van der Waals surface area contributed by atoms with E-state index in [2.05, 4.69) is 10.3 Å². The maximum absolute atomic E-state index is 12.8. The Morgan fingerprint density at radius 2 is 2.10 bits per heavy atom. The van der Waals surface area contributed by atoms with Gasteiger partial charge in [-0.3, -0.25) is 9.20 Å². The number of likely N-dealkylation sites (N-methyl/N-ethyl adjacent to an activating group) is 1. The van der Waals surface area contributed by atoms with Crippen molar-refractivity contribution >= 4 is 61.7 Å². The summed E-state index contributed by atoms with van der Waals surface area (Å²) in [6, 6.07) is 10.6. The molecule has 7 nitrogen and oxygen atoms in total. The highest BCUT2D eigenvalue weighted by molar-refractivity contribution is 7.91. The van der Waals surface area contributed by atoms with E-state index in [0.29, 0.717) is 21.5 Å². The maximum Gasteiger partial charge on any atom is 0.252 e. The van der Waals surface area contributed by atoms with E-state index in [1.54, 1.807) is 4.40 Å². The fourth-order valence-corrected chi connectivity index (χ4v) is 6.44. The Bertz CT molecular complexity index is 1330. The number of rotatable bonds is 6. The number of hydrogen-bond donors (Lipinski definition) is 1. The van der Waals surface area contributed by atoms with Crippen molar-refractivity contribution in [3.05, 3.63) is 57.9 Å². The van der Waals surface area contributed by atoms with Gasteiger partial charge in [-0.1, -0.05) is 17.7 Å². The number of thiophene rings is 2. The molecule has 0 aliphatic heterocycles. The van der Waals surface area contributed by atoms with E-state index in [1.807, 2.05) is 42.8 Å². The van der Waals surface area contributed by atoms with Gasteiger partial charge in [-0.15, -0.1) is 22.7 Å². The number of anilines is 1. The molecule has 0 aromatic carbocycles. The van der Waals surface area contributed by atoms with E-state index >= 15 is 0 Å². The monoisotopic (exact) mass is 480 g/mol. The van der Waals surface area contributed by atoms with Crippen LogP contribution in [0.25, 0.3) is 16.2 Å². The van der Waals surface area contributed by atoms with E-state index in [1.165, 1.54) is 30.5 Å².